The van der Waals surface area contributed by atoms with Gasteiger partial charge >= 0.3 is 0 Å². The van der Waals surface area contributed by atoms with E-state index in [1.165, 1.54) is 12.1 Å². The summed E-state index contributed by atoms with van der Waals surface area (Å²) in [5, 5.41) is 18.1. The molecule has 4 heteroatoms. The van der Waals surface area contributed by atoms with Crippen molar-refractivity contribution in [3.63, 3.8) is 0 Å². The van der Waals surface area contributed by atoms with Crippen LogP contribution in [0.4, 0.5) is 0 Å². The summed E-state index contributed by atoms with van der Waals surface area (Å²) in [5.74, 6) is 0.951. The Balaban J connectivity index is 2.47. The van der Waals surface area contributed by atoms with Crippen molar-refractivity contribution in [3.05, 3.63) is 17.7 Å². The maximum Gasteiger partial charge on any atom is 0.164 e. The fourth-order valence-corrected chi connectivity index (χ4v) is 1.29. The number of nitriles is 1. The normalized spacial score (nSPS) is 14.2. The van der Waals surface area contributed by atoms with Crippen LogP contribution in [0.25, 0.3) is 0 Å². The minimum Gasteiger partial charge on any atom is -0.506 e. The predicted molar refractivity (Wildman–Crippen MR) is 48.4 cm³/mol. The number of ether oxygens (including phenoxy) is 2. The molecule has 1 aliphatic heterocycles. The first-order valence-corrected chi connectivity index (χ1v) is 4.34. The Morgan fingerprint density at radius 2 is 1.86 bits per heavy atom. The summed E-state index contributed by atoms with van der Waals surface area (Å²) in [7, 11) is 0. The molecule has 1 aromatic carbocycles. The van der Waals surface area contributed by atoms with Crippen molar-refractivity contribution in [1.82, 2.24) is 0 Å². The molecule has 0 unspecified atom stereocenters. The average Bonchev–Trinajstić information content (AvgIpc) is 2.41. The third-order valence-electron chi connectivity index (χ3n) is 1.99. The molecule has 72 valence electrons. The Kier molecular flexibility index (Phi) is 2.15. The highest BCUT2D eigenvalue weighted by Gasteiger charge is 2.13. The number of aromatic hydroxyl groups is 1. The van der Waals surface area contributed by atoms with Crippen LogP contribution >= 0.6 is 0 Å². The van der Waals surface area contributed by atoms with Gasteiger partial charge in [0.1, 0.15) is 11.8 Å². The fraction of sp³-hybridized carbons (Fsp3) is 0.300. The van der Waals surface area contributed by atoms with Crippen molar-refractivity contribution in [3.8, 4) is 23.3 Å². The van der Waals surface area contributed by atoms with E-state index in [1.807, 2.05) is 6.07 Å². The van der Waals surface area contributed by atoms with Crippen LogP contribution in [0, 0.1) is 11.3 Å². The van der Waals surface area contributed by atoms with Gasteiger partial charge in [-0.15, -0.1) is 0 Å². The molecular formula is C10H9NO3. The summed E-state index contributed by atoms with van der Waals surface area (Å²) in [5.41, 5.74) is 0.203. The summed E-state index contributed by atoms with van der Waals surface area (Å²) in [6.07, 6.45) is 0.803. The van der Waals surface area contributed by atoms with E-state index in [-0.39, 0.29) is 11.3 Å². The molecule has 1 aromatic rings. The topological polar surface area (TPSA) is 62.5 Å². The first-order chi connectivity index (χ1) is 6.81. The van der Waals surface area contributed by atoms with Gasteiger partial charge in [-0.1, -0.05) is 0 Å². The molecule has 0 aliphatic carbocycles. The molecule has 1 N–H and O–H groups in total. The van der Waals surface area contributed by atoms with Gasteiger partial charge < -0.3 is 14.6 Å². The highest BCUT2D eigenvalue weighted by atomic mass is 16.5. The standard InChI is InChI=1S/C10H9NO3/c11-6-7-4-9-10(5-8(7)12)14-3-1-2-13-9/h4-5,12H,1-3H2. The number of phenols is 1. The fourth-order valence-electron chi connectivity index (χ4n) is 1.29. The molecular weight excluding hydrogens is 182 g/mol. The van der Waals surface area contributed by atoms with Gasteiger partial charge in [-0.2, -0.15) is 5.26 Å². The molecule has 0 bridgehead atoms. The molecule has 0 saturated heterocycles. The first kappa shape index (κ1) is 8.70. The van der Waals surface area contributed by atoms with Crippen molar-refractivity contribution >= 4 is 0 Å². The van der Waals surface area contributed by atoms with Crippen molar-refractivity contribution in [2.75, 3.05) is 13.2 Å². The Bertz CT molecular complexity index is 395. The second-order valence-electron chi connectivity index (χ2n) is 2.98. The largest absolute Gasteiger partial charge is 0.506 e. The van der Waals surface area contributed by atoms with Gasteiger partial charge in [0, 0.05) is 18.6 Å². The molecule has 4 nitrogen and oxygen atoms in total. The van der Waals surface area contributed by atoms with Gasteiger partial charge in [-0.25, -0.2) is 0 Å². The molecule has 0 amide bonds. The van der Waals surface area contributed by atoms with Crippen LogP contribution in [0.2, 0.25) is 0 Å². The van der Waals surface area contributed by atoms with Crippen molar-refractivity contribution in [1.29, 1.82) is 5.26 Å². The molecule has 0 saturated carbocycles. The van der Waals surface area contributed by atoms with Gasteiger partial charge in [0.2, 0.25) is 0 Å². The molecule has 0 atom stereocenters. The minimum absolute atomic E-state index is 0.0725. The molecule has 14 heavy (non-hydrogen) atoms. The summed E-state index contributed by atoms with van der Waals surface area (Å²) in [6.45, 7) is 1.14. The Hall–Kier alpha value is -1.89. The van der Waals surface area contributed by atoms with Crippen LogP contribution in [0.3, 0.4) is 0 Å². The lowest BCUT2D eigenvalue weighted by molar-refractivity contribution is 0.296. The second kappa shape index (κ2) is 3.46. The van der Waals surface area contributed by atoms with Crippen molar-refractivity contribution < 1.29 is 14.6 Å². The number of rotatable bonds is 0. The van der Waals surface area contributed by atoms with E-state index in [9.17, 15) is 5.11 Å². The predicted octanol–water partition coefficient (Wildman–Crippen LogP) is 1.43. The smallest absolute Gasteiger partial charge is 0.164 e. The quantitative estimate of drug-likeness (QED) is 0.673. The van der Waals surface area contributed by atoms with E-state index in [4.69, 9.17) is 14.7 Å². The highest BCUT2D eigenvalue weighted by Crippen LogP contribution is 2.35. The third kappa shape index (κ3) is 1.44. The highest BCUT2D eigenvalue weighted by molar-refractivity contribution is 5.54. The zero-order chi connectivity index (χ0) is 9.97. The van der Waals surface area contributed by atoms with Crippen LogP contribution in [0.1, 0.15) is 12.0 Å². The summed E-state index contributed by atoms with van der Waals surface area (Å²) in [6, 6.07) is 4.79. The Morgan fingerprint density at radius 1 is 1.21 bits per heavy atom. The van der Waals surface area contributed by atoms with Gasteiger partial charge in [0.15, 0.2) is 11.5 Å². The van der Waals surface area contributed by atoms with Crippen LogP contribution in [0.5, 0.6) is 17.2 Å². The van der Waals surface area contributed by atoms with Gasteiger partial charge in [-0.05, 0) is 0 Å². The van der Waals surface area contributed by atoms with Crippen LogP contribution in [0.15, 0.2) is 12.1 Å². The maximum absolute atomic E-state index is 9.40. The van der Waals surface area contributed by atoms with Crippen molar-refractivity contribution in [2.45, 2.75) is 6.42 Å². The summed E-state index contributed by atoms with van der Waals surface area (Å²) < 4.78 is 10.7. The lowest BCUT2D eigenvalue weighted by Crippen LogP contribution is -1.97. The van der Waals surface area contributed by atoms with E-state index in [1.54, 1.807) is 0 Å². The molecule has 0 fully saturated rings. The van der Waals surface area contributed by atoms with E-state index in [0.29, 0.717) is 24.7 Å². The number of phenolic OH excluding ortho intramolecular Hbond substituents is 1. The molecule has 1 heterocycles. The molecule has 0 spiro atoms. The number of fused-ring (bicyclic) bond motifs is 1. The zero-order valence-electron chi connectivity index (χ0n) is 7.49. The first-order valence-electron chi connectivity index (χ1n) is 4.34. The average molecular weight is 191 g/mol. The van der Waals surface area contributed by atoms with Crippen LogP contribution in [-0.4, -0.2) is 18.3 Å². The SMILES string of the molecule is N#Cc1cc2c(cc1O)OCCCO2. The lowest BCUT2D eigenvalue weighted by atomic mass is 10.2. The third-order valence-corrected chi connectivity index (χ3v) is 1.99. The number of nitrogens with zero attached hydrogens (tertiary/aromatic N) is 1. The van der Waals surface area contributed by atoms with Crippen molar-refractivity contribution in [2.24, 2.45) is 0 Å². The van der Waals surface area contributed by atoms with Crippen LogP contribution < -0.4 is 9.47 Å². The lowest BCUT2D eigenvalue weighted by Gasteiger charge is -2.07. The van der Waals surface area contributed by atoms with Gasteiger partial charge in [-0.3, -0.25) is 0 Å². The molecule has 2 rings (SSSR count). The molecule has 1 aliphatic rings. The summed E-state index contributed by atoms with van der Waals surface area (Å²) >= 11 is 0. The molecule has 0 radical (unpaired) electrons. The monoisotopic (exact) mass is 191 g/mol. The summed E-state index contributed by atoms with van der Waals surface area (Å²) in [4.78, 5) is 0. The maximum atomic E-state index is 9.40. The number of benzene rings is 1. The second-order valence-corrected chi connectivity index (χ2v) is 2.98. The van der Waals surface area contributed by atoms with Crippen LogP contribution in [-0.2, 0) is 0 Å². The van der Waals surface area contributed by atoms with Gasteiger partial charge in [0.05, 0.1) is 18.8 Å². The van der Waals surface area contributed by atoms with E-state index >= 15 is 0 Å². The van der Waals surface area contributed by atoms with E-state index < -0.39 is 0 Å². The number of hydrogen-bond acceptors (Lipinski definition) is 4. The number of hydrogen-bond donors (Lipinski definition) is 1. The Labute approximate surface area is 81.3 Å². The van der Waals surface area contributed by atoms with Gasteiger partial charge in [0.25, 0.3) is 0 Å². The van der Waals surface area contributed by atoms with E-state index in [0.717, 1.165) is 6.42 Å². The Morgan fingerprint density at radius 3 is 2.50 bits per heavy atom. The van der Waals surface area contributed by atoms with E-state index in [2.05, 4.69) is 0 Å². The zero-order valence-corrected chi connectivity index (χ0v) is 7.49. The molecule has 0 aromatic heterocycles. The minimum atomic E-state index is -0.0725.